The molecule has 1 aromatic heterocycles. The zero-order valence-corrected chi connectivity index (χ0v) is 19.3. The summed E-state index contributed by atoms with van der Waals surface area (Å²) >= 11 is 0. The van der Waals surface area contributed by atoms with Gasteiger partial charge in [0.2, 0.25) is 15.9 Å². The van der Waals surface area contributed by atoms with Crippen molar-refractivity contribution in [2.45, 2.75) is 17.9 Å². The molecule has 2 aromatic carbocycles. The minimum atomic E-state index is -3.76. The molecule has 12 heteroatoms. The number of aromatic nitrogens is 2. The molecular weight excluding hydrogens is 460 g/mol. The molecule has 0 aliphatic carbocycles. The van der Waals surface area contributed by atoms with Crippen LogP contribution in [0.25, 0.3) is 0 Å². The van der Waals surface area contributed by atoms with Crippen LogP contribution in [0.5, 0.6) is 0 Å². The lowest BCUT2D eigenvalue weighted by molar-refractivity contribution is -0.119. The van der Waals surface area contributed by atoms with E-state index in [2.05, 4.69) is 10.3 Å². The van der Waals surface area contributed by atoms with Crippen molar-refractivity contribution in [3.8, 4) is 0 Å². The molecule has 0 saturated carbocycles. The van der Waals surface area contributed by atoms with Gasteiger partial charge in [-0.15, -0.1) is 0 Å². The first-order chi connectivity index (χ1) is 16.1. The molecule has 3 rings (SSSR count). The van der Waals surface area contributed by atoms with Crippen LogP contribution in [0.1, 0.15) is 11.1 Å². The van der Waals surface area contributed by atoms with Crippen LogP contribution in [-0.2, 0) is 27.8 Å². The summed E-state index contributed by atoms with van der Waals surface area (Å²) in [5.41, 5.74) is 6.48. The molecule has 0 aliphatic rings. The van der Waals surface area contributed by atoms with Crippen LogP contribution in [-0.4, -0.2) is 44.0 Å². The van der Waals surface area contributed by atoms with Crippen molar-refractivity contribution in [2.75, 3.05) is 30.8 Å². The first kappa shape index (κ1) is 24.7. The number of nitrogens with zero attached hydrogens (tertiary/aromatic N) is 2. The minimum absolute atomic E-state index is 0.0123. The van der Waals surface area contributed by atoms with Crippen LogP contribution < -0.4 is 32.3 Å². The third kappa shape index (κ3) is 6.11. The van der Waals surface area contributed by atoms with Gasteiger partial charge in [-0.25, -0.2) is 18.4 Å². The fraction of sp³-hybridized carbons (Fsp3) is 0.227. The number of primary sulfonamides is 1. The highest BCUT2D eigenvalue weighted by Crippen LogP contribution is 2.16. The zero-order chi connectivity index (χ0) is 24.9. The quantitative estimate of drug-likeness (QED) is 0.319. The van der Waals surface area contributed by atoms with Gasteiger partial charge >= 0.3 is 5.69 Å². The van der Waals surface area contributed by atoms with E-state index in [1.165, 1.54) is 28.6 Å². The Kier molecular flexibility index (Phi) is 7.54. The maximum Gasteiger partial charge on any atom is 0.330 e. The lowest BCUT2D eigenvalue weighted by atomic mass is 10.1. The molecule has 1 amide bonds. The predicted octanol–water partition coefficient (Wildman–Crippen LogP) is -0.390. The summed E-state index contributed by atoms with van der Waals surface area (Å²) in [5.74, 6) is -0.397. The van der Waals surface area contributed by atoms with E-state index in [1.807, 2.05) is 30.3 Å². The number of sulfonamides is 1. The Morgan fingerprint density at radius 3 is 2.32 bits per heavy atom. The van der Waals surface area contributed by atoms with E-state index in [0.717, 1.165) is 11.1 Å². The molecule has 0 bridgehead atoms. The highest BCUT2D eigenvalue weighted by Gasteiger charge is 2.18. The van der Waals surface area contributed by atoms with Gasteiger partial charge in [-0.3, -0.25) is 19.1 Å². The summed E-state index contributed by atoms with van der Waals surface area (Å²) in [7, 11) is -2.23. The minimum Gasteiger partial charge on any atom is -0.383 e. The summed E-state index contributed by atoms with van der Waals surface area (Å²) in [4.78, 5) is 40.8. The Labute approximate surface area is 196 Å². The lowest BCUT2D eigenvalue weighted by Crippen LogP contribution is -2.41. The Balaban J connectivity index is 1.64. The van der Waals surface area contributed by atoms with Crippen molar-refractivity contribution in [3.63, 3.8) is 0 Å². The highest BCUT2D eigenvalue weighted by molar-refractivity contribution is 7.89. The number of nitrogens with one attached hydrogen (secondary N) is 2. The standard InChI is InChI=1S/C22H26N6O5S/c1-27(14-18(29)25-12-11-15-7-9-17(10-8-15)34(24,32)33)19-20(23)28(22(31)26-21(19)30)13-16-5-3-2-4-6-16/h2-10H,11-14,23H2,1H3,(H,25,29)(H2,24,32,33)(H,26,30,31). The molecule has 34 heavy (non-hydrogen) atoms. The largest absolute Gasteiger partial charge is 0.383 e. The molecule has 0 spiro atoms. The van der Waals surface area contributed by atoms with E-state index in [4.69, 9.17) is 10.9 Å². The van der Waals surface area contributed by atoms with Crippen molar-refractivity contribution in [2.24, 2.45) is 5.14 Å². The number of carbonyl (C=O) groups is 1. The number of carbonyl (C=O) groups excluding carboxylic acids is 1. The van der Waals surface area contributed by atoms with E-state index in [0.29, 0.717) is 13.0 Å². The van der Waals surface area contributed by atoms with Gasteiger partial charge in [0.25, 0.3) is 5.56 Å². The van der Waals surface area contributed by atoms with Crippen molar-refractivity contribution in [1.82, 2.24) is 14.9 Å². The van der Waals surface area contributed by atoms with Gasteiger partial charge < -0.3 is 16.0 Å². The van der Waals surface area contributed by atoms with Gasteiger partial charge in [0, 0.05) is 13.6 Å². The molecule has 0 fully saturated rings. The van der Waals surface area contributed by atoms with Gasteiger partial charge in [-0.05, 0) is 29.7 Å². The Morgan fingerprint density at radius 1 is 1.06 bits per heavy atom. The van der Waals surface area contributed by atoms with E-state index < -0.39 is 21.3 Å². The van der Waals surface area contributed by atoms with Crippen molar-refractivity contribution in [1.29, 1.82) is 0 Å². The molecule has 0 aliphatic heterocycles. The smallest absolute Gasteiger partial charge is 0.330 e. The Hall–Kier alpha value is -3.90. The van der Waals surface area contributed by atoms with Crippen molar-refractivity contribution >= 4 is 27.4 Å². The molecule has 180 valence electrons. The summed E-state index contributed by atoms with van der Waals surface area (Å²) in [5, 5.41) is 7.81. The molecule has 11 nitrogen and oxygen atoms in total. The second-order valence-corrected chi connectivity index (χ2v) is 9.27. The van der Waals surface area contributed by atoms with Crippen LogP contribution in [0.3, 0.4) is 0 Å². The number of hydrogen-bond donors (Lipinski definition) is 4. The number of rotatable bonds is 9. The van der Waals surface area contributed by atoms with Crippen LogP contribution in [0.15, 0.2) is 69.1 Å². The van der Waals surface area contributed by atoms with Crippen LogP contribution in [0, 0.1) is 0 Å². The van der Waals surface area contributed by atoms with Gasteiger partial charge in [0.1, 0.15) is 11.5 Å². The molecule has 6 N–H and O–H groups in total. The van der Waals surface area contributed by atoms with E-state index in [-0.39, 0.29) is 35.4 Å². The zero-order valence-electron chi connectivity index (χ0n) is 18.5. The Morgan fingerprint density at radius 2 is 1.71 bits per heavy atom. The topological polar surface area (TPSA) is 173 Å². The number of hydrogen-bond acceptors (Lipinski definition) is 7. The first-order valence-corrected chi connectivity index (χ1v) is 11.9. The normalized spacial score (nSPS) is 11.2. The van der Waals surface area contributed by atoms with Gasteiger partial charge in [-0.1, -0.05) is 42.5 Å². The maximum atomic E-state index is 12.4. The van der Waals surface area contributed by atoms with Crippen molar-refractivity contribution in [3.05, 3.63) is 86.6 Å². The maximum absolute atomic E-state index is 12.4. The van der Waals surface area contributed by atoms with Crippen molar-refractivity contribution < 1.29 is 13.2 Å². The summed E-state index contributed by atoms with van der Waals surface area (Å²) in [6.45, 7) is 0.293. The monoisotopic (exact) mass is 486 g/mol. The third-order valence-electron chi connectivity index (χ3n) is 5.15. The number of amides is 1. The van der Waals surface area contributed by atoms with Gasteiger partial charge in [-0.2, -0.15) is 0 Å². The summed E-state index contributed by atoms with van der Waals surface area (Å²) < 4.78 is 23.9. The SMILES string of the molecule is CN(CC(=O)NCCc1ccc(S(N)(=O)=O)cc1)c1c(N)n(Cc2ccccc2)c(=O)[nH]c1=O. The molecule has 0 unspecified atom stereocenters. The van der Waals surface area contributed by atoms with Gasteiger partial charge in [0.15, 0.2) is 0 Å². The fourth-order valence-electron chi connectivity index (χ4n) is 3.41. The number of aromatic amines is 1. The molecule has 0 atom stereocenters. The predicted molar refractivity (Wildman–Crippen MR) is 129 cm³/mol. The molecule has 3 aromatic rings. The number of benzene rings is 2. The molecule has 0 saturated heterocycles. The number of nitrogen functional groups attached to an aromatic ring is 1. The molecular formula is C22H26N6O5S. The average molecular weight is 487 g/mol. The molecule has 1 heterocycles. The highest BCUT2D eigenvalue weighted by atomic mass is 32.2. The number of H-pyrrole nitrogens is 1. The van der Waals surface area contributed by atoms with E-state index in [9.17, 15) is 22.8 Å². The fourth-order valence-corrected chi connectivity index (χ4v) is 3.93. The Bertz CT molecular complexity index is 1380. The van der Waals surface area contributed by atoms with E-state index >= 15 is 0 Å². The van der Waals surface area contributed by atoms with Gasteiger partial charge in [0.05, 0.1) is 18.0 Å². The number of likely N-dealkylation sites (N-methyl/N-ethyl adjacent to an activating group) is 1. The second kappa shape index (κ2) is 10.4. The van der Waals surface area contributed by atoms with Crippen LogP contribution >= 0.6 is 0 Å². The lowest BCUT2D eigenvalue weighted by Gasteiger charge is -2.21. The first-order valence-electron chi connectivity index (χ1n) is 10.3. The average Bonchev–Trinajstić information content (AvgIpc) is 2.77. The number of nitrogens with two attached hydrogens (primary N) is 2. The number of anilines is 2. The third-order valence-corrected chi connectivity index (χ3v) is 6.08. The molecule has 0 radical (unpaired) electrons. The van der Waals surface area contributed by atoms with Crippen LogP contribution in [0.4, 0.5) is 11.5 Å². The summed E-state index contributed by atoms with van der Waals surface area (Å²) in [6.07, 6.45) is 0.463. The van der Waals surface area contributed by atoms with E-state index in [1.54, 1.807) is 12.1 Å². The van der Waals surface area contributed by atoms with Crippen LogP contribution in [0.2, 0.25) is 0 Å². The summed E-state index contributed by atoms with van der Waals surface area (Å²) in [6, 6.07) is 15.2. The second-order valence-electron chi connectivity index (χ2n) is 7.71.